The maximum atomic E-state index is 4.66. The zero-order chi connectivity index (χ0) is 13.2. The molecule has 2 aromatic rings. The molecule has 0 amide bonds. The number of imidazole rings is 1. The molecule has 0 bridgehead atoms. The molecule has 0 aromatic carbocycles. The van der Waals surface area contributed by atoms with Crippen LogP contribution in [0.25, 0.3) is 5.82 Å². The molecule has 0 radical (unpaired) electrons. The number of nitrogens with zero attached hydrogens (tertiary/aromatic N) is 3. The van der Waals surface area contributed by atoms with E-state index in [2.05, 4.69) is 32.0 Å². The third-order valence-corrected chi connectivity index (χ3v) is 3.66. The van der Waals surface area contributed by atoms with Crippen molar-refractivity contribution >= 4 is 0 Å². The highest BCUT2D eigenvalue weighted by Crippen LogP contribution is 2.23. The van der Waals surface area contributed by atoms with E-state index in [1.54, 1.807) is 0 Å². The van der Waals surface area contributed by atoms with Gasteiger partial charge < -0.3 is 5.32 Å². The van der Waals surface area contributed by atoms with Crippen LogP contribution in [0.4, 0.5) is 0 Å². The number of aryl methyl sites for hydroxylation is 2. The third-order valence-electron chi connectivity index (χ3n) is 3.66. The third kappa shape index (κ3) is 2.40. The molecule has 1 aliphatic rings. The summed E-state index contributed by atoms with van der Waals surface area (Å²) in [6.07, 6.45) is 6.68. The van der Waals surface area contributed by atoms with Crippen LogP contribution in [-0.2, 0) is 19.4 Å². The predicted octanol–water partition coefficient (Wildman–Crippen LogP) is 2.17. The minimum absolute atomic E-state index is 0.868. The van der Waals surface area contributed by atoms with Gasteiger partial charge in [0.1, 0.15) is 12.1 Å². The number of pyridine rings is 1. The summed E-state index contributed by atoms with van der Waals surface area (Å²) in [6, 6.07) is 4.28. The Kier molecular flexibility index (Phi) is 3.34. The molecule has 19 heavy (non-hydrogen) atoms. The average molecular weight is 256 g/mol. The number of aromatic nitrogens is 3. The zero-order valence-electron chi connectivity index (χ0n) is 11.6. The summed E-state index contributed by atoms with van der Waals surface area (Å²) < 4.78 is 2.17. The van der Waals surface area contributed by atoms with Crippen LogP contribution in [0.15, 0.2) is 18.5 Å². The average Bonchev–Trinajstić information content (AvgIpc) is 2.82. The summed E-state index contributed by atoms with van der Waals surface area (Å²) in [5.41, 5.74) is 4.92. The molecule has 0 saturated carbocycles. The van der Waals surface area contributed by atoms with Crippen LogP contribution in [0, 0.1) is 6.92 Å². The lowest BCUT2D eigenvalue weighted by molar-refractivity contribution is 0.653. The quantitative estimate of drug-likeness (QED) is 0.915. The first-order valence-corrected chi connectivity index (χ1v) is 6.95. The molecule has 1 N–H and O–H groups in total. The minimum atomic E-state index is 0.868. The Morgan fingerprint density at radius 3 is 2.95 bits per heavy atom. The molecule has 0 fully saturated rings. The fourth-order valence-electron chi connectivity index (χ4n) is 2.82. The van der Waals surface area contributed by atoms with Crippen LogP contribution < -0.4 is 5.32 Å². The van der Waals surface area contributed by atoms with Crippen LogP contribution in [0.3, 0.4) is 0 Å². The van der Waals surface area contributed by atoms with Crippen LogP contribution in [0.5, 0.6) is 0 Å². The van der Waals surface area contributed by atoms with Gasteiger partial charge in [-0.15, -0.1) is 0 Å². The Balaban J connectivity index is 2.04. The predicted molar refractivity (Wildman–Crippen MR) is 75.5 cm³/mol. The fourth-order valence-corrected chi connectivity index (χ4v) is 2.82. The first kappa shape index (κ1) is 12.4. The van der Waals surface area contributed by atoms with Crippen molar-refractivity contribution in [2.24, 2.45) is 0 Å². The number of hydrogen-bond acceptors (Lipinski definition) is 3. The van der Waals surface area contributed by atoms with E-state index in [1.165, 1.54) is 29.8 Å². The second kappa shape index (κ2) is 5.13. The van der Waals surface area contributed by atoms with Crippen LogP contribution >= 0.6 is 0 Å². The molecule has 4 nitrogen and oxygen atoms in total. The maximum absolute atomic E-state index is 4.66. The molecule has 0 spiro atoms. The highest BCUT2D eigenvalue weighted by molar-refractivity contribution is 5.34. The molecule has 2 heterocycles. The highest BCUT2D eigenvalue weighted by atomic mass is 15.1. The molecule has 0 unspecified atom stereocenters. The van der Waals surface area contributed by atoms with Crippen LogP contribution in [0.1, 0.15) is 35.5 Å². The lowest BCUT2D eigenvalue weighted by Gasteiger charge is -2.14. The molecule has 0 saturated heterocycles. The Labute approximate surface area is 113 Å². The van der Waals surface area contributed by atoms with E-state index in [9.17, 15) is 0 Å². The first-order chi connectivity index (χ1) is 9.28. The van der Waals surface area contributed by atoms with E-state index in [0.29, 0.717) is 0 Å². The van der Waals surface area contributed by atoms with Gasteiger partial charge in [0.25, 0.3) is 0 Å². The summed E-state index contributed by atoms with van der Waals surface area (Å²) in [7, 11) is 1.97. The van der Waals surface area contributed by atoms with Gasteiger partial charge in [0.2, 0.25) is 0 Å². The minimum Gasteiger partial charge on any atom is -0.316 e. The van der Waals surface area contributed by atoms with E-state index >= 15 is 0 Å². The van der Waals surface area contributed by atoms with Crippen molar-refractivity contribution in [3.8, 4) is 5.82 Å². The van der Waals surface area contributed by atoms with Gasteiger partial charge in [-0.05, 0) is 57.4 Å². The molecular formula is C15H20N4. The van der Waals surface area contributed by atoms with E-state index < -0.39 is 0 Å². The molecule has 4 heteroatoms. The Morgan fingerprint density at radius 2 is 2.11 bits per heavy atom. The lowest BCUT2D eigenvalue weighted by atomic mass is 10.0. The van der Waals surface area contributed by atoms with Crippen LogP contribution in [0.2, 0.25) is 0 Å². The van der Waals surface area contributed by atoms with Gasteiger partial charge in [0.15, 0.2) is 0 Å². The number of nitrogens with one attached hydrogen (secondary N) is 1. The van der Waals surface area contributed by atoms with Crippen molar-refractivity contribution in [2.75, 3.05) is 7.05 Å². The fraction of sp³-hybridized carbons (Fsp3) is 0.467. The van der Waals surface area contributed by atoms with E-state index in [-0.39, 0.29) is 0 Å². The summed E-state index contributed by atoms with van der Waals surface area (Å²) in [4.78, 5) is 9.21. The monoisotopic (exact) mass is 256 g/mol. The van der Waals surface area contributed by atoms with Crippen molar-refractivity contribution in [1.82, 2.24) is 19.9 Å². The maximum Gasteiger partial charge on any atom is 0.138 e. The number of hydrogen-bond donors (Lipinski definition) is 1. The molecule has 1 aliphatic carbocycles. The number of rotatable bonds is 3. The second-order valence-electron chi connectivity index (χ2n) is 5.22. The van der Waals surface area contributed by atoms with Crippen molar-refractivity contribution < 1.29 is 0 Å². The van der Waals surface area contributed by atoms with Gasteiger partial charge in [-0.25, -0.2) is 9.97 Å². The summed E-state index contributed by atoms with van der Waals surface area (Å²) >= 11 is 0. The van der Waals surface area contributed by atoms with Crippen molar-refractivity contribution in [1.29, 1.82) is 0 Å². The van der Waals surface area contributed by atoms with Gasteiger partial charge in [-0.1, -0.05) is 0 Å². The molecule has 2 aromatic heterocycles. The Morgan fingerprint density at radius 1 is 1.26 bits per heavy atom. The van der Waals surface area contributed by atoms with E-state index in [4.69, 9.17) is 0 Å². The van der Waals surface area contributed by atoms with Crippen molar-refractivity contribution in [3.05, 3.63) is 41.1 Å². The molecule has 0 aliphatic heterocycles. The largest absolute Gasteiger partial charge is 0.316 e. The standard InChI is InChI=1S/C15H20N4/c1-11-7-12(9-16-2)8-15(18-11)19-10-17-13-5-3-4-6-14(13)19/h7-8,10,16H,3-6,9H2,1-2H3. The molecular weight excluding hydrogens is 236 g/mol. The number of fused-ring (bicyclic) bond motifs is 1. The van der Waals surface area contributed by atoms with Gasteiger partial charge in [0.05, 0.1) is 5.69 Å². The SMILES string of the molecule is CNCc1cc(C)nc(-n2cnc3c2CCCC3)c1. The summed E-state index contributed by atoms with van der Waals surface area (Å²) in [6.45, 7) is 2.92. The summed E-state index contributed by atoms with van der Waals surface area (Å²) in [5.74, 6) is 1.00. The van der Waals surface area contributed by atoms with Gasteiger partial charge >= 0.3 is 0 Å². The van der Waals surface area contributed by atoms with Gasteiger partial charge in [0, 0.05) is 17.9 Å². The normalized spacial score (nSPS) is 14.4. The first-order valence-electron chi connectivity index (χ1n) is 6.95. The summed E-state index contributed by atoms with van der Waals surface area (Å²) in [5, 5.41) is 3.19. The van der Waals surface area contributed by atoms with Crippen molar-refractivity contribution in [3.63, 3.8) is 0 Å². The van der Waals surface area contributed by atoms with E-state index in [0.717, 1.165) is 30.9 Å². The highest BCUT2D eigenvalue weighted by Gasteiger charge is 2.16. The second-order valence-corrected chi connectivity index (χ2v) is 5.22. The molecule has 3 rings (SSSR count). The zero-order valence-corrected chi connectivity index (χ0v) is 11.6. The van der Waals surface area contributed by atoms with Gasteiger partial charge in [-0.2, -0.15) is 0 Å². The topological polar surface area (TPSA) is 42.7 Å². The van der Waals surface area contributed by atoms with Gasteiger partial charge in [-0.3, -0.25) is 4.57 Å². The Hall–Kier alpha value is -1.68. The van der Waals surface area contributed by atoms with E-state index in [1.807, 2.05) is 20.3 Å². The smallest absolute Gasteiger partial charge is 0.138 e. The Bertz CT molecular complexity index is 586. The van der Waals surface area contributed by atoms with Crippen LogP contribution in [-0.4, -0.2) is 21.6 Å². The molecule has 100 valence electrons. The lowest BCUT2D eigenvalue weighted by Crippen LogP contribution is -2.10. The molecule has 0 atom stereocenters. The van der Waals surface area contributed by atoms with Crippen molar-refractivity contribution in [2.45, 2.75) is 39.2 Å².